The molecule has 2 amide bonds. The molecule has 2 N–H and O–H groups in total. The van der Waals surface area contributed by atoms with Crippen LogP contribution in [-0.4, -0.2) is 82.0 Å². The number of nitrogens with one attached hydrogen (secondary N) is 1. The quantitative estimate of drug-likeness (QED) is 0.525. The van der Waals surface area contributed by atoms with E-state index in [4.69, 9.17) is 9.47 Å². The maximum absolute atomic E-state index is 14.1. The number of likely N-dealkylation sites (N-methyl/N-ethyl adjacent to an activating group) is 1. The molecule has 4 saturated heterocycles. The average molecular weight is 496 g/mol. The monoisotopic (exact) mass is 495 g/mol. The number of piperidine rings is 2. The summed E-state index contributed by atoms with van der Waals surface area (Å²) in [6, 6.07) is 3.77. The molecule has 6 heterocycles. The first-order valence-corrected chi connectivity index (χ1v) is 12.9. The van der Waals surface area contributed by atoms with E-state index in [1.807, 2.05) is 37.9 Å². The molecule has 1 aromatic rings. The number of benzene rings is 1. The van der Waals surface area contributed by atoms with Crippen molar-refractivity contribution in [2.45, 2.75) is 75.2 Å². The van der Waals surface area contributed by atoms with Crippen molar-refractivity contribution in [1.82, 2.24) is 9.80 Å². The highest BCUT2D eigenvalue weighted by Crippen LogP contribution is 2.72. The fourth-order valence-corrected chi connectivity index (χ4v) is 8.70. The van der Waals surface area contributed by atoms with Crippen LogP contribution >= 0.6 is 0 Å². The molecule has 1 aliphatic carbocycles. The fourth-order valence-electron chi connectivity index (χ4n) is 8.70. The van der Waals surface area contributed by atoms with Gasteiger partial charge in [-0.05, 0) is 49.7 Å². The highest BCUT2D eigenvalue weighted by molar-refractivity contribution is 6.14. The summed E-state index contributed by atoms with van der Waals surface area (Å²) >= 11 is 0. The second-order valence-corrected chi connectivity index (χ2v) is 12.8. The van der Waals surface area contributed by atoms with Crippen molar-refractivity contribution < 1.29 is 29.0 Å². The first-order valence-electron chi connectivity index (χ1n) is 12.9. The second-order valence-electron chi connectivity index (χ2n) is 12.8. The van der Waals surface area contributed by atoms with Crippen molar-refractivity contribution in [3.63, 3.8) is 0 Å². The highest BCUT2D eigenvalue weighted by Gasteiger charge is 2.80. The third kappa shape index (κ3) is 2.13. The second kappa shape index (κ2) is 6.25. The van der Waals surface area contributed by atoms with Crippen LogP contribution in [0.5, 0.6) is 11.5 Å². The minimum Gasteiger partial charge on any atom is -0.485 e. The van der Waals surface area contributed by atoms with Crippen LogP contribution in [0.2, 0.25) is 0 Å². The van der Waals surface area contributed by atoms with Gasteiger partial charge in [-0.1, -0.05) is 19.9 Å². The fraction of sp³-hybridized carbons (Fsp3) is 0.667. The summed E-state index contributed by atoms with van der Waals surface area (Å²) in [4.78, 5) is 44.9. The topological polar surface area (TPSA) is 108 Å². The lowest BCUT2D eigenvalue weighted by atomic mass is 9.57. The molecule has 5 fully saturated rings. The Hall–Kier alpha value is -2.65. The van der Waals surface area contributed by atoms with Gasteiger partial charge < -0.3 is 24.8 Å². The zero-order valence-corrected chi connectivity index (χ0v) is 21.4. The Bertz CT molecular complexity index is 1270. The number of rotatable bonds is 0. The van der Waals surface area contributed by atoms with E-state index in [-0.39, 0.29) is 30.1 Å². The van der Waals surface area contributed by atoms with Gasteiger partial charge in [-0.3, -0.25) is 19.3 Å². The SMILES string of the molecule is CN1C(=O)[C@]23C[C@H]4C(C)(C)[C@@]5(C[C@@]41CN2CCC3=O)C(=O)Nc1c5ccc2c1OCC(O)C(C)(C)O2. The van der Waals surface area contributed by atoms with Crippen molar-refractivity contribution in [1.29, 1.82) is 0 Å². The van der Waals surface area contributed by atoms with E-state index in [0.29, 0.717) is 49.5 Å². The summed E-state index contributed by atoms with van der Waals surface area (Å²) < 4.78 is 12.2. The van der Waals surface area contributed by atoms with Gasteiger partial charge in [0.15, 0.2) is 22.8 Å². The summed E-state index contributed by atoms with van der Waals surface area (Å²) in [7, 11) is 1.82. The van der Waals surface area contributed by atoms with Crippen LogP contribution in [0.15, 0.2) is 12.1 Å². The number of ether oxygens (including phenoxy) is 2. The minimum absolute atomic E-state index is 0.0118. The van der Waals surface area contributed by atoms with Crippen LogP contribution in [0.3, 0.4) is 0 Å². The Morgan fingerprint density at radius 2 is 1.89 bits per heavy atom. The molecule has 6 aliphatic heterocycles. The van der Waals surface area contributed by atoms with Gasteiger partial charge in [0.25, 0.3) is 5.91 Å². The number of amides is 2. The van der Waals surface area contributed by atoms with Crippen molar-refractivity contribution >= 4 is 23.3 Å². The van der Waals surface area contributed by atoms with Gasteiger partial charge in [0.05, 0.1) is 16.6 Å². The number of carbonyl (C=O) groups is 3. The maximum atomic E-state index is 14.1. The third-order valence-electron chi connectivity index (χ3n) is 10.9. The number of Topliss-reactive ketones (excluding diaryl/α,β-unsaturated/α-hetero) is 1. The summed E-state index contributed by atoms with van der Waals surface area (Å²) in [5.74, 6) is 0.678. The number of carbonyl (C=O) groups excluding carboxylic acids is 3. The number of hydrogen-bond acceptors (Lipinski definition) is 7. The van der Waals surface area contributed by atoms with Crippen LogP contribution < -0.4 is 14.8 Å². The van der Waals surface area contributed by atoms with Gasteiger partial charge in [0.2, 0.25) is 5.91 Å². The number of anilines is 1. The van der Waals surface area contributed by atoms with Crippen molar-refractivity contribution in [2.24, 2.45) is 11.3 Å². The first-order chi connectivity index (χ1) is 16.8. The largest absolute Gasteiger partial charge is 0.485 e. The zero-order valence-electron chi connectivity index (χ0n) is 21.4. The Morgan fingerprint density at radius 1 is 1.14 bits per heavy atom. The van der Waals surface area contributed by atoms with Gasteiger partial charge in [0, 0.05) is 26.6 Å². The molecular formula is C27H33N3O6. The average Bonchev–Trinajstić information content (AvgIpc) is 3.33. The van der Waals surface area contributed by atoms with E-state index in [1.165, 1.54) is 0 Å². The van der Waals surface area contributed by atoms with Gasteiger partial charge in [-0.15, -0.1) is 0 Å². The van der Waals surface area contributed by atoms with Crippen LogP contribution in [-0.2, 0) is 19.8 Å². The molecule has 3 spiro atoms. The smallest absolute Gasteiger partial charge is 0.251 e. The predicted molar refractivity (Wildman–Crippen MR) is 129 cm³/mol. The van der Waals surface area contributed by atoms with Crippen LogP contribution in [0.1, 0.15) is 52.5 Å². The third-order valence-corrected chi connectivity index (χ3v) is 10.9. The number of nitrogens with zero attached hydrogens (tertiary/aromatic N) is 2. The molecule has 192 valence electrons. The van der Waals surface area contributed by atoms with Gasteiger partial charge in [0.1, 0.15) is 18.3 Å². The van der Waals surface area contributed by atoms with Gasteiger partial charge in [-0.25, -0.2) is 0 Å². The zero-order chi connectivity index (χ0) is 25.6. The highest BCUT2D eigenvalue weighted by atomic mass is 16.6. The lowest BCUT2D eigenvalue weighted by molar-refractivity contribution is -0.185. The number of piperazine rings is 1. The summed E-state index contributed by atoms with van der Waals surface area (Å²) in [6.07, 6.45) is 0.504. The van der Waals surface area contributed by atoms with E-state index in [9.17, 15) is 19.5 Å². The van der Waals surface area contributed by atoms with E-state index in [2.05, 4.69) is 24.1 Å². The van der Waals surface area contributed by atoms with Crippen molar-refractivity contribution in [2.75, 3.05) is 32.1 Å². The van der Waals surface area contributed by atoms with Crippen LogP contribution in [0.4, 0.5) is 5.69 Å². The Morgan fingerprint density at radius 3 is 2.64 bits per heavy atom. The van der Waals surface area contributed by atoms with E-state index < -0.39 is 33.6 Å². The maximum Gasteiger partial charge on any atom is 0.251 e. The molecule has 36 heavy (non-hydrogen) atoms. The standard InChI is InChI=1S/C27H33N3O6/c1-23(2)16-10-27-17(31)8-9-30(27)13-25(16,29(5)22(27)34)12-26(23)14-6-7-15-20(19(14)28-21(26)33)35-11-18(32)24(3,4)36-15/h6-7,16,18,32H,8-13H2,1-5H3,(H,28,33)/t16-,18?,25+,26+,27+/m0/s1. The molecular weight excluding hydrogens is 462 g/mol. The Kier molecular flexibility index (Phi) is 3.91. The Balaban J connectivity index is 1.40. The number of ketones is 1. The number of aliphatic hydroxyl groups is 1. The van der Waals surface area contributed by atoms with Crippen LogP contribution in [0, 0.1) is 11.3 Å². The molecule has 9 nitrogen and oxygen atoms in total. The molecule has 1 aromatic carbocycles. The molecule has 2 bridgehead atoms. The predicted octanol–water partition coefficient (Wildman–Crippen LogP) is 1.46. The summed E-state index contributed by atoms with van der Waals surface area (Å²) in [5, 5.41) is 13.7. The molecule has 0 aromatic heterocycles. The van der Waals surface area contributed by atoms with Crippen molar-refractivity contribution in [3.05, 3.63) is 17.7 Å². The molecule has 1 unspecified atom stereocenters. The lowest BCUT2D eigenvalue weighted by Crippen LogP contribution is -2.80. The molecule has 1 saturated carbocycles. The lowest BCUT2D eigenvalue weighted by Gasteiger charge is -2.63. The van der Waals surface area contributed by atoms with Gasteiger partial charge >= 0.3 is 0 Å². The summed E-state index contributed by atoms with van der Waals surface area (Å²) in [6.45, 7) is 9.11. The normalized spacial score (nSPS) is 41.3. The first kappa shape index (κ1) is 22.5. The molecule has 9 heteroatoms. The summed E-state index contributed by atoms with van der Waals surface area (Å²) in [5.41, 5.74) is -2.51. The van der Waals surface area contributed by atoms with Crippen LogP contribution in [0.25, 0.3) is 0 Å². The number of fused-ring (bicyclic) bond motifs is 5. The van der Waals surface area contributed by atoms with E-state index in [0.717, 1.165) is 5.56 Å². The number of hydrogen-bond donors (Lipinski definition) is 2. The van der Waals surface area contributed by atoms with E-state index in [1.54, 1.807) is 0 Å². The van der Waals surface area contributed by atoms with Gasteiger partial charge in [-0.2, -0.15) is 0 Å². The minimum atomic E-state index is -1.09. The molecule has 0 radical (unpaired) electrons. The Labute approximate surface area is 210 Å². The number of aliphatic hydroxyl groups excluding tert-OH is 1. The van der Waals surface area contributed by atoms with E-state index >= 15 is 0 Å². The molecule has 5 atom stereocenters. The van der Waals surface area contributed by atoms with Crippen molar-refractivity contribution in [3.8, 4) is 11.5 Å². The molecule has 7 aliphatic rings. The molecule has 8 rings (SSSR count).